The number of hydrogen-bond donors (Lipinski definition) is 0. The summed E-state index contributed by atoms with van der Waals surface area (Å²) in [7, 11) is 0. The first-order valence-electron chi connectivity index (χ1n) is 10.5. The Morgan fingerprint density at radius 3 is 0.800 bits per heavy atom. The van der Waals surface area contributed by atoms with Crippen molar-refractivity contribution in [3.05, 3.63) is 105 Å². The Morgan fingerprint density at radius 1 is 0.400 bits per heavy atom. The van der Waals surface area contributed by atoms with Gasteiger partial charge in [-0.25, -0.2) is 0 Å². The van der Waals surface area contributed by atoms with Crippen LogP contribution in [0.5, 0.6) is 0 Å². The van der Waals surface area contributed by atoms with Crippen LogP contribution in [0.25, 0.3) is 0 Å². The number of rotatable bonds is 3. The molecule has 0 aromatic heterocycles. The molecule has 1 fully saturated rings. The summed E-state index contributed by atoms with van der Waals surface area (Å²) in [4.78, 5) is 0. The maximum Gasteiger partial charge on any atom is 0.191 e. The predicted octanol–water partition coefficient (Wildman–Crippen LogP) is 7.00. The monoisotopic (exact) mass is 402 g/mol. The Kier molecular flexibility index (Phi) is 5.79. The Morgan fingerprint density at radius 2 is 0.600 bits per heavy atom. The van der Waals surface area contributed by atoms with E-state index >= 15 is 0 Å². The highest BCUT2D eigenvalue weighted by Gasteiger charge is 2.37. The molecule has 0 N–H and O–H groups in total. The molecule has 4 rings (SSSR count). The van der Waals surface area contributed by atoms with Crippen molar-refractivity contribution in [1.29, 1.82) is 0 Å². The lowest BCUT2D eigenvalue weighted by Gasteiger charge is -2.39. The van der Waals surface area contributed by atoms with E-state index in [0.29, 0.717) is 0 Å². The van der Waals surface area contributed by atoms with Gasteiger partial charge in [0.15, 0.2) is 18.9 Å². The zero-order valence-electron chi connectivity index (χ0n) is 18.7. The molecule has 0 saturated carbocycles. The van der Waals surface area contributed by atoms with E-state index in [0.717, 1.165) is 50.1 Å². The lowest BCUT2D eigenvalue weighted by molar-refractivity contribution is -0.397. The molecular formula is C27H30O3. The molecule has 0 atom stereocenters. The normalized spacial score (nSPS) is 21.6. The van der Waals surface area contributed by atoms with Crippen LogP contribution in [0.15, 0.2) is 54.6 Å². The molecule has 1 aliphatic rings. The number of hydrogen-bond acceptors (Lipinski definition) is 3. The van der Waals surface area contributed by atoms with Crippen LogP contribution in [-0.4, -0.2) is 0 Å². The van der Waals surface area contributed by atoms with E-state index in [1.807, 2.05) is 0 Å². The summed E-state index contributed by atoms with van der Waals surface area (Å²) >= 11 is 0. The molecule has 3 aromatic carbocycles. The Hall–Kier alpha value is -2.46. The van der Waals surface area contributed by atoms with Crippen LogP contribution in [-0.2, 0) is 14.2 Å². The van der Waals surface area contributed by atoms with Crippen molar-refractivity contribution in [3.63, 3.8) is 0 Å². The summed E-state index contributed by atoms with van der Waals surface area (Å²) in [5.74, 6) is 0. The minimum absolute atomic E-state index is 0.507. The van der Waals surface area contributed by atoms with Gasteiger partial charge >= 0.3 is 0 Å². The van der Waals surface area contributed by atoms with Crippen LogP contribution in [0.4, 0.5) is 0 Å². The largest absolute Gasteiger partial charge is 0.315 e. The van der Waals surface area contributed by atoms with Crippen LogP contribution in [0.1, 0.15) is 68.9 Å². The lowest BCUT2D eigenvalue weighted by Crippen LogP contribution is -2.29. The molecule has 3 nitrogen and oxygen atoms in total. The van der Waals surface area contributed by atoms with Crippen molar-refractivity contribution in [3.8, 4) is 0 Å². The smallest absolute Gasteiger partial charge is 0.191 e. The van der Waals surface area contributed by atoms with E-state index in [2.05, 4.69) is 96.1 Å². The van der Waals surface area contributed by atoms with Crippen molar-refractivity contribution in [2.24, 2.45) is 0 Å². The van der Waals surface area contributed by atoms with E-state index in [9.17, 15) is 0 Å². The van der Waals surface area contributed by atoms with E-state index in [1.165, 1.54) is 0 Å². The van der Waals surface area contributed by atoms with E-state index < -0.39 is 18.9 Å². The van der Waals surface area contributed by atoms with E-state index in [1.54, 1.807) is 0 Å². The molecule has 1 heterocycles. The summed E-state index contributed by atoms with van der Waals surface area (Å²) in [6, 6.07) is 18.8. The lowest BCUT2D eigenvalue weighted by atomic mass is 9.99. The quantitative estimate of drug-likeness (QED) is 0.472. The fraction of sp³-hybridized carbons (Fsp3) is 0.333. The zero-order valence-corrected chi connectivity index (χ0v) is 18.7. The zero-order chi connectivity index (χ0) is 21.4. The molecule has 0 bridgehead atoms. The van der Waals surface area contributed by atoms with Crippen molar-refractivity contribution in [2.75, 3.05) is 0 Å². The molecule has 1 saturated heterocycles. The first-order chi connectivity index (χ1) is 14.4. The highest BCUT2D eigenvalue weighted by atomic mass is 16.9. The third kappa shape index (κ3) is 3.81. The molecule has 0 aliphatic carbocycles. The molecular weight excluding hydrogens is 372 g/mol. The van der Waals surface area contributed by atoms with Gasteiger partial charge in [0.05, 0.1) is 0 Å². The van der Waals surface area contributed by atoms with Gasteiger partial charge in [0, 0.05) is 16.7 Å². The first-order valence-corrected chi connectivity index (χ1v) is 10.5. The average molecular weight is 403 g/mol. The average Bonchev–Trinajstić information content (AvgIpc) is 2.67. The molecule has 156 valence electrons. The van der Waals surface area contributed by atoms with E-state index in [4.69, 9.17) is 14.2 Å². The summed E-state index contributed by atoms with van der Waals surface area (Å²) in [5, 5.41) is 0. The van der Waals surface area contributed by atoms with Gasteiger partial charge in [0.1, 0.15) is 0 Å². The predicted molar refractivity (Wildman–Crippen MR) is 119 cm³/mol. The molecule has 0 radical (unpaired) electrons. The van der Waals surface area contributed by atoms with Crippen molar-refractivity contribution >= 4 is 0 Å². The van der Waals surface area contributed by atoms with Crippen LogP contribution in [0.3, 0.4) is 0 Å². The Labute approximate surface area is 179 Å². The second-order valence-corrected chi connectivity index (χ2v) is 8.32. The molecule has 3 aromatic rings. The standard InChI is InChI=1S/C27H30O3/c1-16-10-7-11-17(2)22(16)25-28-26(23-18(3)12-8-13-19(23)4)30-27(29-25)24-20(5)14-9-15-21(24)6/h7-15,25-27H,1-6H3. The summed E-state index contributed by atoms with van der Waals surface area (Å²) in [6.07, 6.45) is -1.52. The van der Waals surface area contributed by atoms with Gasteiger partial charge in [0.2, 0.25) is 0 Å². The highest BCUT2D eigenvalue weighted by Crippen LogP contribution is 2.45. The van der Waals surface area contributed by atoms with Crippen LogP contribution in [0, 0.1) is 41.5 Å². The topological polar surface area (TPSA) is 27.7 Å². The number of benzene rings is 3. The molecule has 0 spiro atoms. The van der Waals surface area contributed by atoms with Gasteiger partial charge < -0.3 is 14.2 Å². The minimum Gasteiger partial charge on any atom is -0.315 e. The molecule has 3 heteroatoms. The first kappa shape index (κ1) is 20.8. The Balaban J connectivity index is 1.83. The van der Waals surface area contributed by atoms with Crippen molar-refractivity contribution in [2.45, 2.75) is 60.4 Å². The van der Waals surface area contributed by atoms with E-state index in [-0.39, 0.29) is 0 Å². The van der Waals surface area contributed by atoms with Gasteiger partial charge in [-0.05, 0) is 74.9 Å². The maximum atomic E-state index is 6.47. The fourth-order valence-corrected chi connectivity index (χ4v) is 4.44. The van der Waals surface area contributed by atoms with Gasteiger partial charge in [0.25, 0.3) is 0 Å². The van der Waals surface area contributed by atoms with Crippen molar-refractivity contribution < 1.29 is 14.2 Å². The second-order valence-electron chi connectivity index (χ2n) is 8.32. The van der Waals surface area contributed by atoms with Crippen molar-refractivity contribution in [1.82, 2.24) is 0 Å². The molecule has 0 amide bonds. The third-order valence-corrected chi connectivity index (χ3v) is 6.08. The molecule has 1 aliphatic heterocycles. The molecule has 0 unspecified atom stereocenters. The minimum atomic E-state index is -0.507. The highest BCUT2D eigenvalue weighted by molar-refractivity contribution is 5.38. The van der Waals surface area contributed by atoms with Gasteiger partial charge in [-0.15, -0.1) is 0 Å². The van der Waals surface area contributed by atoms with Gasteiger partial charge in [-0.3, -0.25) is 0 Å². The fourth-order valence-electron chi connectivity index (χ4n) is 4.44. The summed E-state index contributed by atoms with van der Waals surface area (Å²) in [6.45, 7) is 12.6. The van der Waals surface area contributed by atoms with Crippen LogP contribution < -0.4 is 0 Å². The third-order valence-electron chi connectivity index (χ3n) is 6.08. The number of ether oxygens (including phenoxy) is 3. The van der Waals surface area contributed by atoms with Gasteiger partial charge in [-0.1, -0.05) is 54.6 Å². The number of aryl methyl sites for hydroxylation is 6. The van der Waals surface area contributed by atoms with Crippen LogP contribution >= 0.6 is 0 Å². The van der Waals surface area contributed by atoms with Crippen LogP contribution in [0.2, 0.25) is 0 Å². The second kappa shape index (κ2) is 8.35. The SMILES string of the molecule is Cc1cccc(C)c1C1OC(c2c(C)cccc2C)OC(c2c(C)cccc2C)O1. The molecule has 30 heavy (non-hydrogen) atoms. The Bertz CT molecular complexity index is 866. The summed E-state index contributed by atoms with van der Waals surface area (Å²) < 4.78 is 19.4. The summed E-state index contributed by atoms with van der Waals surface area (Å²) in [5.41, 5.74) is 10.2. The van der Waals surface area contributed by atoms with Gasteiger partial charge in [-0.2, -0.15) is 0 Å². The maximum absolute atomic E-state index is 6.47.